The van der Waals surface area contributed by atoms with Crippen LogP contribution >= 0.6 is 0 Å². The highest BCUT2D eigenvalue weighted by atomic mass is 32.2. The number of methoxy groups -OCH3 is 1. The number of ether oxygens (including phenoxy) is 1. The average Bonchev–Trinajstić information content (AvgIpc) is 3.30. The molecule has 1 unspecified atom stereocenters. The van der Waals surface area contributed by atoms with Gasteiger partial charge in [-0.3, -0.25) is 0 Å². The van der Waals surface area contributed by atoms with Gasteiger partial charge in [0, 0.05) is 19.1 Å². The molecule has 1 fully saturated rings. The monoisotopic (exact) mass is 403 g/mol. The highest BCUT2D eigenvalue weighted by Gasteiger charge is 2.35. The SMILES string of the molecule is COc1ccc(S(=O)(=O)N2CCCC2Cn2cnc3c(N)nc(N)nc32)cc1. The van der Waals surface area contributed by atoms with Gasteiger partial charge in [-0.05, 0) is 37.1 Å². The molecule has 1 aliphatic rings. The number of nitrogen functional groups attached to an aromatic ring is 2. The van der Waals surface area contributed by atoms with Crippen molar-refractivity contribution in [3.05, 3.63) is 30.6 Å². The molecule has 3 aromatic rings. The summed E-state index contributed by atoms with van der Waals surface area (Å²) in [6.07, 6.45) is 3.11. The number of imidazole rings is 1. The summed E-state index contributed by atoms with van der Waals surface area (Å²) in [4.78, 5) is 12.6. The van der Waals surface area contributed by atoms with Crippen LogP contribution in [-0.4, -0.2) is 51.9 Å². The van der Waals surface area contributed by atoms with Gasteiger partial charge in [-0.15, -0.1) is 0 Å². The lowest BCUT2D eigenvalue weighted by Crippen LogP contribution is -2.38. The normalized spacial score (nSPS) is 18.0. The number of rotatable bonds is 5. The second-order valence-electron chi connectivity index (χ2n) is 6.62. The summed E-state index contributed by atoms with van der Waals surface area (Å²) in [6, 6.07) is 6.19. The Morgan fingerprint density at radius 3 is 2.68 bits per heavy atom. The number of fused-ring (bicyclic) bond motifs is 1. The molecule has 1 atom stereocenters. The standard InChI is InChI=1S/C17H21N7O3S/c1-27-12-4-6-13(7-5-12)28(25,26)24-8-2-3-11(24)9-23-10-20-14-15(18)21-17(19)22-16(14)23/h4-7,10-11H,2-3,8-9H2,1H3,(H4,18,19,21,22). The van der Waals surface area contributed by atoms with E-state index < -0.39 is 10.0 Å². The molecule has 4 N–H and O–H groups in total. The molecule has 0 aliphatic carbocycles. The molecule has 1 aromatic carbocycles. The van der Waals surface area contributed by atoms with E-state index in [9.17, 15) is 8.42 Å². The van der Waals surface area contributed by atoms with E-state index in [-0.39, 0.29) is 22.7 Å². The largest absolute Gasteiger partial charge is 0.497 e. The predicted molar refractivity (Wildman–Crippen MR) is 104 cm³/mol. The van der Waals surface area contributed by atoms with Gasteiger partial charge >= 0.3 is 0 Å². The van der Waals surface area contributed by atoms with E-state index in [1.165, 1.54) is 4.31 Å². The number of aromatic nitrogens is 4. The maximum Gasteiger partial charge on any atom is 0.243 e. The maximum absolute atomic E-state index is 13.1. The van der Waals surface area contributed by atoms with E-state index in [0.717, 1.165) is 12.8 Å². The number of sulfonamides is 1. The fourth-order valence-electron chi connectivity index (χ4n) is 3.54. The van der Waals surface area contributed by atoms with Crippen LogP contribution in [0.25, 0.3) is 11.2 Å². The maximum atomic E-state index is 13.1. The Morgan fingerprint density at radius 1 is 1.21 bits per heavy atom. The van der Waals surface area contributed by atoms with Crippen molar-refractivity contribution in [2.45, 2.75) is 30.3 Å². The van der Waals surface area contributed by atoms with E-state index in [1.807, 2.05) is 0 Å². The quantitative estimate of drug-likeness (QED) is 0.638. The number of anilines is 2. The second kappa shape index (κ2) is 6.91. The van der Waals surface area contributed by atoms with E-state index in [0.29, 0.717) is 30.0 Å². The first kappa shape index (κ1) is 18.4. The molecule has 0 saturated carbocycles. The Balaban J connectivity index is 1.63. The van der Waals surface area contributed by atoms with Crippen molar-refractivity contribution < 1.29 is 13.2 Å². The Kier molecular flexibility index (Phi) is 4.55. The molecule has 3 heterocycles. The zero-order chi connectivity index (χ0) is 19.9. The van der Waals surface area contributed by atoms with E-state index in [1.54, 1.807) is 42.3 Å². The van der Waals surface area contributed by atoms with Crippen LogP contribution < -0.4 is 16.2 Å². The summed E-state index contributed by atoms with van der Waals surface area (Å²) in [5.74, 6) is 0.868. The number of nitrogens with zero attached hydrogens (tertiary/aromatic N) is 5. The summed E-state index contributed by atoms with van der Waals surface area (Å²) < 4.78 is 34.7. The van der Waals surface area contributed by atoms with Gasteiger partial charge in [0.15, 0.2) is 11.5 Å². The molecule has 2 aromatic heterocycles. The highest BCUT2D eigenvalue weighted by molar-refractivity contribution is 7.89. The molecule has 28 heavy (non-hydrogen) atoms. The number of nitrogens with two attached hydrogens (primary N) is 2. The molecule has 0 spiro atoms. The minimum absolute atomic E-state index is 0.0564. The second-order valence-corrected chi connectivity index (χ2v) is 8.51. The number of benzene rings is 1. The van der Waals surface area contributed by atoms with Crippen LogP contribution in [0.4, 0.5) is 11.8 Å². The van der Waals surface area contributed by atoms with Gasteiger partial charge in [0.05, 0.1) is 18.3 Å². The molecule has 0 bridgehead atoms. The van der Waals surface area contributed by atoms with Crippen molar-refractivity contribution in [1.82, 2.24) is 23.8 Å². The first-order valence-electron chi connectivity index (χ1n) is 8.80. The summed E-state index contributed by atoms with van der Waals surface area (Å²) in [7, 11) is -2.08. The van der Waals surface area contributed by atoms with Gasteiger partial charge in [-0.25, -0.2) is 13.4 Å². The molecule has 1 aliphatic heterocycles. The highest BCUT2D eigenvalue weighted by Crippen LogP contribution is 2.29. The van der Waals surface area contributed by atoms with Gasteiger partial charge in [0.2, 0.25) is 16.0 Å². The molecular weight excluding hydrogens is 382 g/mol. The Bertz CT molecular complexity index is 1110. The fourth-order valence-corrected chi connectivity index (χ4v) is 5.22. The molecule has 1 saturated heterocycles. The number of hydrogen-bond donors (Lipinski definition) is 2. The summed E-state index contributed by atoms with van der Waals surface area (Å²) in [6.45, 7) is 0.868. The van der Waals surface area contributed by atoms with Crippen LogP contribution in [-0.2, 0) is 16.6 Å². The van der Waals surface area contributed by atoms with Crippen molar-refractivity contribution in [3.63, 3.8) is 0 Å². The van der Waals surface area contributed by atoms with Crippen LogP contribution in [0, 0.1) is 0 Å². The van der Waals surface area contributed by atoms with Crippen LogP contribution in [0.1, 0.15) is 12.8 Å². The van der Waals surface area contributed by atoms with Crippen molar-refractivity contribution in [1.29, 1.82) is 0 Å². The minimum atomic E-state index is -3.62. The first-order valence-corrected chi connectivity index (χ1v) is 10.2. The molecule has 148 valence electrons. The van der Waals surface area contributed by atoms with Crippen molar-refractivity contribution in [2.75, 3.05) is 25.1 Å². The van der Waals surface area contributed by atoms with E-state index >= 15 is 0 Å². The molecule has 0 radical (unpaired) electrons. The first-order chi connectivity index (χ1) is 13.4. The van der Waals surface area contributed by atoms with Gasteiger partial charge in [0.25, 0.3) is 0 Å². The van der Waals surface area contributed by atoms with E-state index in [2.05, 4.69) is 15.0 Å². The van der Waals surface area contributed by atoms with Crippen molar-refractivity contribution in [2.24, 2.45) is 0 Å². The minimum Gasteiger partial charge on any atom is -0.497 e. The molecule has 0 amide bonds. The molecule has 4 rings (SSSR count). The van der Waals surface area contributed by atoms with Crippen LogP contribution in [0.3, 0.4) is 0 Å². The summed E-state index contributed by atoms with van der Waals surface area (Å²) >= 11 is 0. The lowest BCUT2D eigenvalue weighted by molar-refractivity contribution is 0.354. The van der Waals surface area contributed by atoms with Gasteiger partial charge in [-0.2, -0.15) is 14.3 Å². The number of hydrogen-bond acceptors (Lipinski definition) is 8. The van der Waals surface area contributed by atoms with E-state index in [4.69, 9.17) is 16.2 Å². The zero-order valence-electron chi connectivity index (χ0n) is 15.3. The van der Waals surface area contributed by atoms with Crippen LogP contribution in [0.5, 0.6) is 5.75 Å². The van der Waals surface area contributed by atoms with Gasteiger partial charge in [0.1, 0.15) is 11.3 Å². The Hall–Kier alpha value is -2.92. The Labute approximate surface area is 162 Å². The summed E-state index contributed by atoms with van der Waals surface area (Å²) in [5, 5.41) is 0. The smallest absolute Gasteiger partial charge is 0.243 e. The lowest BCUT2D eigenvalue weighted by Gasteiger charge is -2.24. The average molecular weight is 403 g/mol. The third-order valence-corrected chi connectivity index (χ3v) is 6.87. The van der Waals surface area contributed by atoms with Crippen molar-refractivity contribution >= 4 is 33.0 Å². The molecule has 10 nitrogen and oxygen atoms in total. The zero-order valence-corrected chi connectivity index (χ0v) is 16.1. The van der Waals surface area contributed by atoms with Crippen molar-refractivity contribution in [3.8, 4) is 5.75 Å². The fraction of sp³-hybridized carbons (Fsp3) is 0.353. The lowest BCUT2D eigenvalue weighted by atomic mass is 10.2. The third-order valence-electron chi connectivity index (χ3n) is 4.90. The predicted octanol–water partition coefficient (Wildman–Crippen LogP) is 0.853. The summed E-state index contributed by atoms with van der Waals surface area (Å²) in [5.41, 5.74) is 12.5. The third kappa shape index (κ3) is 3.12. The molecule has 11 heteroatoms. The van der Waals surface area contributed by atoms with Gasteiger partial charge < -0.3 is 20.8 Å². The molecular formula is C17H21N7O3S. The van der Waals surface area contributed by atoms with Crippen LogP contribution in [0.15, 0.2) is 35.5 Å². The topological polar surface area (TPSA) is 142 Å². The van der Waals surface area contributed by atoms with Crippen LogP contribution in [0.2, 0.25) is 0 Å². The van der Waals surface area contributed by atoms with Gasteiger partial charge in [-0.1, -0.05) is 0 Å². The Morgan fingerprint density at radius 2 is 1.96 bits per heavy atom.